The van der Waals surface area contributed by atoms with Crippen LogP contribution in [0.5, 0.6) is 0 Å². The van der Waals surface area contributed by atoms with Crippen LogP contribution in [0, 0.1) is 34.5 Å². The number of Topliss-reactive ketones (excluding diaryl/α,β-unsaturated/α-hetero) is 1. The number of carboxylic acids is 1. The Morgan fingerprint density at radius 3 is 2.54 bits per heavy atom. The van der Waals surface area contributed by atoms with E-state index in [9.17, 15) is 39.3 Å². The van der Waals surface area contributed by atoms with Gasteiger partial charge in [0.05, 0.1) is 12.5 Å². The zero-order valence-corrected chi connectivity index (χ0v) is 24.4. The molecule has 0 heterocycles. The van der Waals surface area contributed by atoms with E-state index in [1.165, 1.54) is 0 Å². The van der Waals surface area contributed by atoms with Gasteiger partial charge in [-0.3, -0.25) is 19.2 Å². The van der Waals surface area contributed by atoms with Crippen LogP contribution in [0.3, 0.4) is 0 Å². The molecule has 10 nitrogen and oxygen atoms in total. The molecule has 0 aromatic carbocycles. The number of fused-ring (bicyclic) bond motifs is 5. The quantitative estimate of drug-likeness (QED) is 0.287. The fourth-order valence-electron chi connectivity index (χ4n) is 8.27. The molecule has 4 N–H and O–H groups in total. The summed E-state index contributed by atoms with van der Waals surface area (Å²) in [6.45, 7) is 6.78. The predicted molar refractivity (Wildman–Crippen MR) is 147 cm³/mol. The van der Waals surface area contributed by atoms with Crippen LogP contribution in [-0.4, -0.2) is 69.1 Å². The van der Waals surface area contributed by atoms with Crippen LogP contribution in [0.15, 0.2) is 23.8 Å². The molecule has 0 unspecified atom stereocenters. The van der Waals surface area contributed by atoms with Crippen molar-refractivity contribution in [2.75, 3.05) is 6.61 Å². The molecule has 0 spiro atoms. The smallest absolute Gasteiger partial charge is 0.326 e. The van der Waals surface area contributed by atoms with Gasteiger partial charge in [0.2, 0.25) is 11.7 Å². The number of hydrogen-bond donors (Lipinski definition) is 4. The normalized spacial score (nSPS) is 37.1. The first-order chi connectivity index (χ1) is 19.2. The number of aliphatic hydroxyl groups is 2. The molecular formula is C31H43NO9. The van der Waals surface area contributed by atoms with E-state index >= 15 is 0 Å². The van der Waals surface area contributed by atoms with Crippen LogP contribution in [0.1, 0.15) is 79.1 Å². The lowest BCUT2D eigenvalue weighted by Crippen LogP contribution is -2.61. The monoisotopic (exact) mass is 573 g/mol. The fraction of sp³-hybridized carbons (Fsp3) is 0.710. The molecule has 10 heteroatoms. The SMILES string of the molecule is CC[C@@H](C)[C@H](NC(=O)CCC(=O)OCC(=O)[C@@]1(O)CC[C@H]2[C@@H]3CCC4=CC(=O)C=C[C@]4(C)[C@H]3[C@@H](O)C[C@@]21C)C(=O)O. The number of ketones is 2. The number of hydrogen-bond acceptors (Lipinski definition) is 8. The Kier molecular flexibility index (Phi) is 8.67. The van der Waals surface area contributed by atoms with Crippen molar-refractivity contribution >= 4 is 29.4 Å². The zero-order chi connectivity index (χ0) is 30.3. The second kappa shape index (κ2) is 11.4. The van der Waals surface area contributed by atoms with E-state index in [0.717, 1.165) is 18.4 Å². The molecular weight excluding hydrogens is 530 g/mol. The number of aliphatic hydroxyl groups excluding tert-OH is 1. The lowest BCUT2D eigenvalue weighted by atomic mass is 9.46. The van der Waals surface area contributed by atoms with Crippen molar-refractivity contribution < 1.29 is 44.0 Å². The number of allylic oxidation sites excluding steroid dienone is 4. The van der Waals surface area contributed by atoms with Gasteiger partial charge in [-0.1, -0.05) is 45.8 Å². The topological polar surface area (TPSA) is 167 Å². The molecule has 0 aromatic rings. The van der Waals surface area contributed by atoms with E-state index in [1.807, 2.05) is 19.9 Å². The van der Waals surface area contributed by atoms with Crippen molar-refractivity contribution in [2.24, 2.45) is 34.5 Å². The summed E-state index contributed by atoms with van der Waals surface area (Å²) in [5.41, 5.74) is -2.12. The summed E-state index contributed by atoms with van der Waals surface area (Å²) in [6, 6.07) is -1.06. The van der Waals surface area contributed by atoms with E-state index in [0.29, 0.717) is 12.8 Å². The van der Waals surface area contributed by atoms with Gasteiger partial charge in [-0.2, -0.15) is 0 Å². The van der Waals surface area contributed by atoms with E-state index < -0.39 is 58.8 Å². The molecule has 3 saturated carbocycles. The minimum atomic E-state index is -1.78. The number of amides is 1. The number of esters is 1. The number of carboxylic acid groups (broad SMARTS) is 1. The van der Waals surface area contributed by atoms with Crippen LogP contribution < -0.4 is 5.32 Å². The van der Waals surface area contributed by atoms with E-state index in [-0.39, 0.29) is 55.1 Å². The number of carbonyl (C=O) groups is 5. The molecule has 0 aliphatic heterocycles. The van der Waals surface area contributed by atoms with E-state index in [4.69, 9.17) is 4.74 Å². The highest BCUT2D eigenvalue weighted by atomic mass is 16.5. The van der Waals surface area contributed by atoms with Gasteiger partial charge in [0, 0.05) is 23.2 Å². The highest BCUT2D eigenvalue weighted by Crippen LogP contribution is 2.67. The Labute approximate surface area is 240 Å². The first kappa shape index (κ1) is 31.1. The van der Waals surface area contributed by atoms with Crippen LogP contribution in [-0.2, 0) is 28.7 Å². The standard InChI is InChI=1S/C31H43NO9/c1-5-17(2)27(28(38)39)32-24(36)8-9-25(37)41-16-23(35)31(40)13-11-21-20-7-6-18-14-19(33)10-12-29(18,3)26(20)22(34)15-30(21,31)4/h10,12,14,17,20-22,26-27,34,40H,5-9,11,13,15-16H2,1-4H3,(H,32,36)(H,38,39)/t17-,20+,21+,22+,26-,27+,29+,30+,31+/m1/s1. The Bertz CT molecular complexity index is 1180. The first-order valence-corrected chi connectivity index (χ1v) is 14.7. The molecule has 226 valence electrons. The van der Waals surface area contributed by atoms with E-state index in [1.54, 1.807) is 19.1 Å². The van der Waals surface area contributed by atoms with Crippen molar-refractivity contribution in [1.29, 1.82) is 0 Å². The molecule has 0 saturated heterocycles. The molecule has 0 radical (unpaired) electrons. The second-order valence-electron chi connectivity index (χ2n) is 13.0. The Balaban J connectivity index is 1.37. The fourth-order valence-corrected chi connectivity index (χ4v) is 8.27. The molecule has 4 aliphatic carbocycles. The average Bonchev–Trinajstić information content (AvgIpc) is 3.19. The van der Waals surface area contributed by atoms with E-state index in [2.05, 4.69) is 12.2 Å². The molecule has 1 amide bonds. The third-order valence-electron chi connectivity index (χ3n) is 10.8. The van der Waals surface area contributed by atoms with Gasteiger partial charge in [0.1, 0.15) is 11.6 Å². The maximum atomic E-state index is 13.4. The van der Waals surface area contributed by atoms with Crippen LogP contribution in [0.2, 0.25) is 0 Å². The third-order valence-corrected chi connectivity index (χ3v) is 10.8. The van der Waals surface area contributed by atoms with Gasteiger partial charge in [0.15, 0.2) is 12.4 Å². The minimum Gasteiger partial charge on any atom is -0.480 e. The molecule has 4 rings (SSSR count). The lowest BCUT2D eigenvalue weighted by Gasteiger charge is -2.59. The summed E-state index contributed by atoms with van der Waals surface area (Å²) < 4.78 is 5.15. The molecule has 9 atom stereocenters. The van der Waals surface area contributed by atoms with Crippen LogP contribution in [0.4, 0.5) is 0 Å². The lowest BCUT2D eigenvalue weighted by molar-refractivity contribution is -0.181. The van der Waals surface area contributed by atoms with Crippen molar-refractivity contribution in [2.45, 2.75) is 96.8 Å². The minimum absolute atomic E-state index is 0.0265. The number of carbonyl (C=O) groups excluding carboxylic acids is 4. The number of aliphatic carboxylic acids is 1. The second-order valence-corrected chi connectivity index (χ2v) is 13.0. The summed E-state index contributed by atoms with van der Waals surface area (Å²) in [4.78, 5) is 61.4. The Morgan fingerprint density at radius 2 is 1.88 bits per heavy atom. The summed E-state index contributed by atoms with van der Waals surface area (Å²) >= 11 is 0. The summed E-state index contributed by atoms with van der Waals surface area (Å²) in [7, 11) is 0. The van der Waals surface area contributed by atoms with Gasteiger partial charge in [-0.15, -0.1) is 0 Å². The summed E-state index contributed by atoms with van der Waals surface area (Å²) in [5, 5.41) is 35.0. The largest absolute Gasteiger partial charge is 0.480 e. The van der Waals surface area contributed by atoms with Crippen LogP contribution >= 0.6 is 0 Å². The Morgan fingerprint density at radius 1 is 1.17 bits per heavy atom. The van der Waals surface area contributed by atoms with Gasteiger partial charge in [0.25, 0.3) is 0 Å². The van der Waals surface area contributed by atoms with Crippen molar-refractivity contribution in [3.8, 4) is 0 Å². The Hall–Kier alpha value is -2.85. The molecule has 4 aliphatic rings. The van der Waals surface area contributed by atoms with Gasteiger partial charge in [-0.25, -0.2) is 4.79 Å². The third kappa shape index (κ3) is 5.41. The maximum absolute atomic E-state index is 13.4. The molecule has 0 aromatic heterocycles. The number of rotatable bonds is 10. The average molecular weight is 574 g/mol. The van der Waals surface area contributed by atoms with Gasteiger partial charge < -0.3 is 25.4 Å². The number of nitrogens with one attached hydrogen (secondary N) is 1. The summed E-state index contributed by atoms with van der Waals surface area (Å²) in [5.74, 6) is -3.61. The van der Waals surface area contributed by atoms with Crippen molar-refractivity contribution in [3.05, 3.63) is 23.8 Å². The first-order valence-electron chi connectivity index (χ1n) is 14.7. The van der Waals surface area contributed by atoms with Crippen LogP contribution in [0.25, 0.3) is 0 Å². The predicted octanol–water partition coefficient (Wildman–Crippen LogP) is 2.50. The maximum Gasteiger partial charge on any atom is 0.326 e. The van der Waals surface area contributed by atoms with Crippen molar-refractivity contribution in [1.82, 2.24) is 5.32 Å². The van der Waals surface area contributed by atoms with Gasteiger partial charge >= 0.3 is 11.9 Å². The number of ether oxygens (including phenoxy) is 1. The zero-order valence-electron chi connectivity index (χ0n) is 24.4. The van der Waals surface area contributed by atoms with Crippen molar-refractivity contribution in [3.63, 3.8) is 0 Å². The molecule has 0 bridgehead atoms. The highest BCUT2D eigenvalue weighted by molar-refractivity contribution is 6.01. The molecule has 41 heavy (non-hydrogen) atoms. The molecule has 3 fully saturated rings. The highest BCUT2D eigenvalue weighted by Gasteiger charge is 2.68. The summed E-state index contributed by atoms with van der Waals surface area (Å²) in [6.07, 6.45) is 6.76. The van der Waals surface area contributed by atoms with Gasteiger partial charge in [-0.05, 0) is 62.0 Å².